The minimum absolute atomic E-state index is 0.0198. The molecule has 94 valence electrons. The maximum Gasteiger partial charge on any atom is 0.304 e. The lowest BCUT2D eigenvalue weighted by molar-refractivity contribution is -0.136. The molecule has 0 aliphatic carbocycles. The molecule has 0 aromatic carbocycles. The maximum atomic E-state index is 11.3. The Balaban J connectivity index is 3.66. The van der Waals surface area contributed by atoms with E-state index in [0.717, 1.165) is 0 Å². The van der Waals surface area contributed by atoms with Gasteiger partial charge in [0, 0.05) is 17.9 Å². The topological polar surface area (TPSA) is 115 Å². The van der Waals surface area contributed by atoms with Crippen molar-refractivity contribution >= 4 is 33.5 Å². The summed E-state index contributed by atoms with van der Waals surface area (Å²) in [5.41, 5.74) is 4.84. The molecule has 0 atom stereocenters. The lowest BCUT2D eigenvalue weighted by atomic mass is 10.5. The first kappa shape index (κ1) is 15.2. The van der Waals surface area contributed by atoms with Gasteiger partial charge in [-0.05, 0) is 0 Å². The van der Waals surface area contributed by atoms with Crippen LogP contribution in [-0.2, 0) is 19.4 Å². The highest BCUT2D eigenvalue weighted by molar-refractivity contribution is 8.00. The van der Waals surface area contributed by atoms with Gasteiger partial charge in [-0.3, -0.25) is 9.59 Å². The Kier molecular flexibility index (Phi) is 7.15. The van der Waals surface area contributed by atoms with E-state index in [2.05, 4.69) is 0 Å². The highest BCUT2D eigenvalue weighted by Gasteiger charge is 2.12. The molecule has 0 aromatic rings. The summed E-state index contributed by atoms with van der Waals surface area (Å²) in [4.78, 5) is 20.5. The van der Waals surface area contributed by atoms with Crippen molar-refractivity contribution in [1.82, 2.24) is 0 Å². The number of rotatable bonds is 9. The van der Waals surface area contributed by atoms with Gasteiger partial charge in [0.05, 0.1) is 17.9 Å². The summed E-state index contributed by atoms with van der Waals surface area (Å²) in [7, 11) is -3.25. The van der Waals surface area contributed by atoms with Crippen LogP contribution in [0.15, 0.2) is 0 Å². The zero-order valence-corrected chi connectivity index (χ0v) is 10.3. The van der Waals surface area contributed by atoms with Gasteiger partial charge in [0.2, 0.25) is 5.91 Å². The molecule has 0 heterocycles. The average molecular weight is 269 g/mol. The second-order valence-electron chi connectivity index (χ2n) is 3.12. The van der Waals surface area contributed by atoms with Crippen molar-refractivity contribution in [2.45, 2.75) is 12.8 Å². The third-order valence-corrected chi connectivity index (χ3v) is 4.55. The van der Waals surface area contributed by atoms with E-state index in [1.54, 1.807) is 0 Å². The number of aliphatic carboxylic acids is 1. The number of carbonyl (C=O) groups is 2. The standard InChI is InChI=1S/C8H15NO5S2/c9-7(10)2-5-16(13,14)6-4-15-3-1-8(11)12/h1-6H2,(H2,9,10)(H,11,12). The zero-order chi connectivity index (χ0) is 12.6. The lowest BCUT2D eigenvalue weighted by Crippen LogP contribution is -2.19. The number of hydrogen-bond acceptors (Lipinski definition) is 5. The normalized spacial score (nSPS) is 11.2. The van der Waals surface area contributed by atoms with Crippen LogP contribution in [0.4, 0.5) is 0 Å². The molecule has 0 spiro atoms. The van der Waals surface area contributed by atoms with E-state index in [1.807, 2.05) is 0 Å². The average Bonchev–Trinajstić information content (AvgIpc) is 2.14. The molecule has 0 bridgehead atoms. The van der Waals surface area contributed by atoms with Crippen LogP contribution in [0.5, 0.6) is 0 Å². The van der Waals surface area contributed by atoms with E-state index in [1.165, 1.54) is 11.8 Å². The number of primary amides is 1. The Morgan fingerprint density at radius 1 is 1.12 bits per heavy atom. The van der Waals surface area contributed by atoms with Crippen molar-refractivity contribution in [3.8, 4) is 0 Å². The van der Waals surface area contributed by atoms with Gasteiger partial charge < -0.3 is 10.8 Å². The fraction of sp³-hybridized carbons (Fsp3) is 0.750. The molecular weight excluding hydrogens is 254 g/mol. The number of carbonyl (C=O) groups excluding carboxylic acids is 1. The fourth-order valence-corrected chi connectivity index (χ4v) is 3.53. The molecule has 0 aromatic heterocycles. The van der Waals surface area contributed by atoms with Crippen LogP contribution in [0, 0.1) is 0 Å². The van der Waals surface area contributed by atoms with Crippen LogP contribution >= 0.6 is 11.8 Å². The van der Waals surface area contributed by atoms with Gasteiger partial charge in [0.1, 0.15) is 0 Å². The number of sulfone groups is 1. The number of thioether (sulfide) groups is 1. The first-order valence-electron chi connectivity index (χ1n) is 4.62. The van der Waals surface area contributed by atoms with Crippen LogP contribution in [0.3, 0.4) is 0 Å². The smallest absolute Gasteiger partial charge is 0.304 e. The maximum absolute atomic E-state index is 11.3. The second-order valence-corrected chi connectivity index (χ2v) is 6.65. The van der Waals surface area contributed by atoms with Gasteiger partial charge >= 0.3 is 5.97 Å². The molecule has 0 aliphatic rings. The first-order chi connectivity index (χ1) is 7.33. The molecule has 8 heteroatoms. The summed E-state index contributed by atoms with van der Waals surface area (Å²) in [6.07, 6.45) is -0.145. The van der Waals surface area contributed by atoms with E-state index >= 15 is 0 Å². The van der Waals surface area contributed by atoms with Crippen LogP contribution in [0.2, 0.25) is 0 Å². The third-order valence-electron chi connectivity index (χ3n) is 1.66. The van der Waals surface area contributed by atoms with Gasteiger partial charge in [0.15, 0.2) is 9.84 Å². The van der Waals surface area contributed by atoms with Crippen molar-refractivity contribution in [1.29, 1.82) is 0 Å². The summed E-state index contributed by atoms with van der Waals surface area (Å²) in [6, 6.07) is 0. The van der Waals surface area contributed by atoms with Crippen molar-refractivity contribution in [3.05, 3.63) is 0 Å². The molecule has 3 N–H and O–H groups in total. The Labute approximate surface area is 98.5 Å². The Bertz CT molecular complexity index is 338. The molecule has 0 unspecified atom stereocenters. The molecule has 1 amide bonds. The fourth-order valence-electron chi connectivity index (χ4n) is 0.806. The highest BCUT2D eigenvalue weighted by Crippen LogP contribution is 2.05. The number of nitrogens with two attached hydrogens (primary N) is 1. The monoisotopic (exact) mass is 269 g/mol. The summed E-state index contributed by atoms with van der Waals surface area (Å²) in [5.74, 6) is -1.09. The van der Waals surface area contributed by atoms with E-state index in [4.69, 9.17) is 10.8 Å². The van der Waals surface area contributed by atoms with E-state index in [0.29, 0.717) is 11.5 Å². The quantitative estimate of drug-likeness (QED) is 0.544. The van der Waals surface area contributed by atoms with Crippen LogP contribution in [0.25, 0.3) is 0 Å². The van der Waals surface area contributed by atoms with Crippen molar-refractivity contribution in [2.75, 3.05) is 23.0 Å². The first-order valence-corrected chi connectivity index (χ1v) is 7.59. The predicted molar refractivity (Wildman–Crippen MR) is 62.0 cm³/mol. The van der Waals surface area contributed by atoms with Crippen LogP contribution < -0.4 is 5.73 Å². The van der Waals surface area contributed by atoms with E-state index in [-0.39, 0.29) is 24.3 Å². The van der Waals surface area contributed by atoms with Gasteiger partial charge in [-0.1, -0.05) is 0 Å². The molecule has 0 saturated heterocycles. The Morgan fingerprint density at radius 2 is 1.75 bits per heavy atom. The lowest BCUT2D eigenvalue weighted by Gasteiger charge is -2.02. The van der Waals surface area contributed by atoms with E-state index < -0.39 is 21.7 Å². The SMILES string of the molecule is NC(=O)CCS(=O)(=O)CCSCCC(=O)O. The number of carboxylic acid groups (broad SMARTS) is 1. The molecule has 0 rings (SSSR count). The summed E-state index contributed by atoms with van der Waals surface area (Å²) >= 11 is 1.27. The Morgan fingerprint density at radius 3 is 2.25 bits per heavy atom. The van der Waals surface area contributed by atoms with Crippen LogP contribution in [-0.4, -0.2) is 48.4 Å². The molecule has 0 saturated carbocycles. The van der Waals surface area contributed by atoms with Gasteiger partial charge in [0.25, 0.3) is 0 Å². The summed E-state index contributed by atoms with van der Waals surface area (Å²) in [6.45, 7) is 0. The molecule has 0 radical (unpaired) electrons. The van der Waals surface area contributed by atoms with E-state index in [9.17, 15) is 18.0 Å². The minimum Gasteiger partial charge on any atom is -0.481 e. The summed E-state index contributed by atoms with van der Waals surface area (Å²) in [5, 5.41) is 8.34. The largest absolute Gasteiger partial charge is 0.481 e. The second kappa shape index (κ2) is 7.50. The predicted octanol–water partition coefficient (Wildman–Crippen LogP) is -0.515. The van der Waals surface area contributed by atoms with Crippen molar-refractivity contribution in [2.24, 2.45) is 5.73 Å². The highest BCUT2D eigenvalue weighted by atomic mass is 32.2. The molecular formula is C8H15NO5S2. The number of hydrogen-bond donors (Lipinski definition) is 2. The molecule has 6 nitrogen and oxygen atoms in total. The minimum atomic E-state index is -3.25. The van der Waals surface area contributed by atoms with Gasteiger partial charge in [-0.2, -0.15) is 11.8 Å². The van der Waals surface area contributed by atoms with Crippen LogP contribution in [0.1, 0.15) is 12.8 Å². The number of amides is 1. The zero-order valence-electron chi connectivity index (χ0n) is 8.72. The molecule has 0 fully saturated rings. The van der Waals surface area contributed by atoms with Crippen molar-refractivity contribution in [3.63, 3.8) is 0 Å². The Hall–Kier alpha value is -0.760. The van der Waals surface area contributed by atoms with Crippen molar-refractivity contribution < 1.29 is 23.1 Å². The number of carboxylic acids is 1. The molecule has 16 heavy (non-hydrogen) atoms. The summed E-state index contributed by atoms with van der Waals surface area (Å²) < 4.78 is 22.6. The molecule has 0 aliphatic heterocycles. The third kappa shape index (κ3) is 9.78. The van der Waals surface area contributed by atoms with Gasteiger partial charge in [-0.15, -0.1) is 0 Å². The van der Waals surface area contributed by atoms with Gasteiger partial charge in [-0.25, -0.2) is 8.42 Å².